The lowest BCUT2D eigenvalue weighted by atomic mass is 9.92. The van der Waals surface area contributed by atoms with Gasteiger partial charge in [0.05, 0.1) is 0 Å². The normalized spacial score (nSPS) is 17.6. The summed E-state index contributed by atoms with van der Waals surface area (Å²) >= 11 is 0. The summed E-state index contributed by atoms with van der Waals surface area (Å²) in [5, 5.41) is 0. The van der Waals surface area contributed by atoms with Gasteiger partial charge in [-0.3, -0.25) is 0 Å². The van der Waals surface area contributed by atoms with E-state index in [0.717, 1.165) is 0 Å². The van der Waals surface area contributed by atoms with Gasteiger partial charge in [0.2, 0.25) is 0 Å². The third-order valence-electron chi connectivity index (χ3n) is 9.37. The summed E-state index contributed by atoms with van der Waals surface area (Å²) in [4.78, 5) is 0. The van der Waals surface area contributed by atoms with Crippen LogP contribution in [0.15, 0.2) is 96.1 Å². The van der Waals surface area contributed by atoms with Crippen molar-refractivity contribution in [3.63, 3.8) is 0 Å². The number of rotatable bonds is 10. The smallest absolute Gasteiger partial charge is 0.0218 e. The molecule has 0 bridgehead atoms. The Morgan fingerprint density at radius 3 is 1.34 bits per heavy atom. The van der Waals surface area contributed by atoms with Crippen molar-refractivity contribution in [1.29, 1.82) is 0 Å². The molecule has 2 aliphatic carbocycles. The lowest BCUT2D eigenvalue weighted by Gasteiger charge is -2.21. The third-order valence-corrected chi connectivity index (χ3v) is 11.3. The summed E-state index contributed by atoms with van der Waals surface area (Å²) in [6.45, 7) is 9.02. The quantitative estimate of drug-likeness (QED) is 0.172. The van der Waals surface area contributed by atoms with Gasteiger partial charge in [0, 0.05) is 21.4 Å². The first-order chi connectivity index (χ1) is 20.1. The van der Waals surface area contributed by atoms with Crippen LogP contribution in [0.25, 0.3) is 34.4 Å². The minimum Gasteiger partial charge on any atom is -0.0651 e. The third kappa shape index (κ3) is 5.57. The van der Waals surface area contributed by atoms with Crippen molar-refractivity contribution in [2.45, 2.75) is 77.3 Å². The van der Waals surface area contributed by atoms with Crippen molar-refractivity contribution < 1.29 is 0 Å². The minimum absolute atomic E-state index is 0.267. The molecule has 2 atom stereocenters. The lowest BCUT2D eigenvalue weighted by molar-refractivity contribution is 0.781. The molecule has 6 rings (SSSR count). The molecule has 0 N–H and O–H groups in total. The zero-order valence-electron chi connectivity index (χ0n) is 25.3. The van der Waals surface area contributed by atoms with Crippen LogP contribution >= 0.6 is 0 Å². The molecule has 0 radical (unpaired) electrons. The maximum absolute atomic E-state index is 2.56. The highest BCUT2D eigenvalue weighted by molar-refractivity contribution is 6.36. The first kappa shape index (κ1) is 27.7. The number of allylic oxidation sites excluding steroid dienone is 2. The van der Waals surface area contributed by atoms with E-state index >= 15 is 0 Å². The molecular weight excluding hydrogens is 509 g/mol. The van der Waals surface area contributed by atoms with Gasteiger partial charge in [0.25, 0.3) is 0 Å². The molecule has 0 saturated heterocycles. The molecule has 4 aromatic carbocycles. The second-order valence-corrected chi connectivity index (χ2v) is 14.2. The van der Waals surface area contributed by atoms with Gasteiger partial charge in [-0.1, -0.05) is 158 Å². The summed E-state index contributed by atoms with van der Waals surface area (Å²) in [7, 11) is -0.267. The van der Waals surface area contributed by atoms with Crippen molar-refractivity contribution in [2.75, 3.05) is 0 Å². The molecule has 0 fully saturated rings. The number of benzene rings is 4. The molecule has 2 unspecified atom stereocenters. The van der Waals surface area contributed by atoms with Crippen LogP contribution in [0.5, 0.6) is 0 Å². The van der Waals surface area contributed by atoms with Crippen molar-refractivity contribution >= 4 is 21.7 Å². The zero-order valence-corrected chi connectivity index (χ0v) is 26.8. The van der Waals surface area contributed by atoms with E-state index in [4.69, 9.17) is 0 Å². The van der Waals surface area contributed by atoms with E-state index in [1.165, 1.54) is 82.3 Å². The number of fused-ring (bicyclic) bond motifs is 2. The SMILES string of the molecule is CCCC1=Cc2c(-c3ccc(C)cc3)cccc2C1C[SiH2]CC1C(CCC)=Cc2c(-c3ccc(C)cc3)cccc21. The Balaban J connectivity index is 1.25. The van der Waals surface area contributed by atoms with E-state index in [-0.39, 0.29) is 9.52 Å². The summed E-state index contributed by atoms with van der Waals surface area (Å²) in [6.07, 6.45) is 10.0. The first-order valence-corrected chi connectivity index (χ1v) is 17.9. The molecular formula is C40H44Si. The number of hydrogen-bond acceptors (Lipinski definition) is 0. The topological polar surface area (TPSA) is 0 Å². The Hall–Kier alpha value is -3.42. The van der Waals surface area contributed by atoms with Crippen LogP contribution in [0, 0.1) is 13.8 Å². The van der Waals surface area contributed by atoms with E-state index in [0.29, 0.717) is 11.8 Å². The fraction of sp³-hybridized carbons (Fsp3) is 0.300. The van der Waals surface area contributed by atoms with Gasteiger partial charge in [-0.25, -0.2) is 0 Å². The highest BCUT2D eigenvalue weighted by Gasteiger charge is 2.29. The highest BCUT2D eigenvalue weighted by atomic mass is 28.2. The van der Waals surface area contributed by atoms with Crippen LogP contribution in [-0.2, 0) is 0 Å². The van der Waals surface area contributed by atoms with Crippen LogP contribution in [-0.4, -0.2) is 9.52 Å². The molecule has 0 aliphatic heterocycles. The van der Waals surface area contributed by atoms with Gasteiger partial charge in [-0.2, -0.15) is 0 Å². The summed E-state index contributed by atoms with van der Waals surface area (Å²) in [6, 6.07) is 35.0. The molecule has 208 valence electrons. The van der Waals surface area contributed by atoms with Gasteiger partial charge in [0.1, 0.15) is 0 Å². The van der Waals surface area contributed by atoms with Crippen LogP contribution in [0.2, 0.25) is 12.1 Å². The van der Waals surface area contributed by atoms with Crippen LogP contribution in [0.1, 0.15) is 84.7 Å². The van der Waals surface area contributed by atoms with Gasteiger partial charge in [0.15, 0.2) is 0 Å². The molecule has 4 aromatic rings. The fourth-order valence-corrected chi connectivity index (χ4v) is 9.73. The molecule has 0 heterocycles. The zero-order chi connectivity index (χ0) is 28.3. The van der Waals surface area contributed by atoms with Gasteiger partial charge < -0.3 is 0 Å². The molecule has 1 heteroatoms. The van der Waals surface area contributed by atoms with Gasteiger partial charge in [-0.15, -0.1) is 0 Å². The fourth-order valence-electron chi connectivity index (χ4n) is 7.32. The molecule has 0 spiro atoms. The van der Waals surface area contributed by atoms with E-state index in [1.54, 1.807) is 22.3 Å². The number of hydrogen-bond donors (Lipinski definition) is 0. The van der Waals surface area contributed by atoms with E-state index in [9.17, 15) is 0 Å². The maximum Gasteiger partial charge on any atom is 0.0218 e. The lowest BCUT2D eigenvalue weighted by Crippen LogP contribution is -2.08. The average molecular weight is 553 g/mol. The number of aryl methyl sites for hydroxylation is 2. The van der Waals surface area contributed by atoms with Crippen LogP contribution in [0.4, 0.5) is 0 Å². The molecule has 0 aromatic heterocycles. The first-order valence-electron chi connectivity index (χ1n) is 15.9. The predicted octanol–water partition coefficient (Wildman–Crippen LogP) is 10.9. The van der Waals surface area contributed by atoms with Crippen molar-refractivity contribution in [1.82, 2.24) is 0 Å². The van der Waals surface area contributed by atoms with Crippen molar-refractivity contribution in [3.8, 4) is 22.3 Å². The van der Waals surface area contributed by atoms with Crippen molar-refractivity contribution in [3.05, 3.63) is 129 Å². The Morgan fingerprint density at radius 1 is 0.537 bits per heavy atom. The molecule has 0 nitrogen and oxygen atoms in total. The average Bonchev–Trinajstić information content (AvgIpc) is 3.52. The second-order valence-electron chi connectivity index (χ2n) is 12.3. The molecule has 41 heavy (non-hydrogen) atoms. The Kier molecular flexibility index (Phi) is 8.26. The molecule has 2 aliphatic rings. The van der Waals surface area contributed by atoms with E-state index in [2.05, 4.69) is 125 Å². The predicted molar refractivity (Wildman–Crippen MR) is 183 cm³/mol. The van der Waals surface area contributed by atoms with Gasteiger partial charge >= 0.3 is 0 Å². The standard InChI is InChI=1S/C40H44Si/c1-5-9-31-23-37-33(29-19-15-27(3)16-20-29)11-7-13-35(37)39(31)25-41-26-40-32(10-6-2)24-38-34(12-8-14-36(38)40)30-21-17-28(4)18-22-30/h7-8,11-24,39-40H,5-6,9-10,25-26,41H2,1-4H3. The minimum atomic E-state index is -0.267. The summed E-state index contributed by atoms with van der Waals surface area (Å²) in [5.41, 5.74) is 17.6. The van der Waals surface area contributed by atoms with Crippen LogP contribution in [0.3, 0.4) is 0 Å². The maximum atomic E-state index is 2.56. The molecule has 0 saturated carbocycles. The largest absolute Gasteiger partial charge is 0.0651 e. The molecule has 0 amide bonds. The van der Waals surface area contributed by atoms with Gasteiger partial charge in [-0.05, 0) is 71.2 Å². The summed E-state index contributed by atoms with van der Waals surface area (Å²) < 4.78 is 0. The highest BCUT2D eigenvalue weighted by Crippen LogP contribution is 2.47. The van der Waals surface area contributed by atoms with E-state index in [1.807, 2.05) is 0 Å². The monoisotopic (exact) mass is 552 g/mol. The van der Waals surface area contributed by atoms with Crippen molar-refractivity contribution in [2.24, 2.45) is 0 Å². The second kappa shape index (κ2) is 12.2. The Labute approximate surface area is 250 Å². The van der Waals surface area contributed by atoms with E-state index < -0.39 is 0 Å². The Bertz CT molecular complexity index is 1460. The Morgan fingerprint density at radius 2 is 0.951 bits per heavy atom. The summed E-state index contributed by atoms with van der Waals surface area (Å²) in [5.74, 6) is 1.22. The van der Waals surface area contributed by atoms with Crippen LogP contribution < -0.4 is 0 Å².